The SMILES string of the molecule is C.C.C.C.C.CCc1ccccc1.CCc1ccccc1.CN.C[N+](=O)[O-].C[N+](=O)[O-].C[N+](=O)[O-].C[N+](=O)[O-].ClCc1ccccc1.I.O=S(=O)(Cl)Cc1ccccc1.O=S(=O)([O-])NCc1ccccc1.O=S(Cl)Cl.O=[S-](=O)[O-].[HH].[Na+].[Na+].[Na+]. The minimum absolute atomic E-state index is 0. The molecule has 5 aromatic rings. The van der Waals surface area contributed by atoms with E-state index in [0.717, 1.165) is 46.6 Å². The van der Waals surface area contributed by atoms with Gasteiger partial charge in [-0.05, 0) is 47.7 Å². The maximum atomic E-state index is 10.6. The summed E-state index contributed by atoms with van der Waals surface area (Å²) in [4.78, 5) is 33.2. The van der Waals surface area contributed by atoms with E-state index in [1.165, 1.54) is 23.7 Å². The Balaban J connectivity index is -0.0000000388. The molecule has 5 rings (SSSR count). The van der Waals surface area contributed by atoms with Crippen molar-refractivity contribution in [1.82, 2.24) is 4.72 Å². The van der Waals surface area contributed by atoms with Gasteiger partial charge in [0.1, 0.15) is 0 Å². The average Bonchev–Trinajstić information content (AvgIpc) is 3.29. The molecule has 0 aliphatic heterocycles. The van der Waals surface area contributed by atoms with Crippen molar-refractivity contribution in [2.75, 3.05) is 35.2 Å². The second-order valence-corrected chi connectivity index (χ2v) is 19.0. The minimum Gasteiger partial charge on any atom is -0.917 e. The monoisotopic (exact) mass is 1470 g/mol. The van der Waals surface area contributed by atoms with E-state index >= 15 is 0 Å². The third-order valence-electron chi connectivity index (χ3n) is 5.98. The van der Waals surface area contributed by atoms with Crippen molar-refractivity contribution in [3.05, 3.63) is 220 Å². The zero-order valence-corrected chi connectivity index (χ0v) is 58.4. The van der Waals surface area contributed by atoms with Gasteiger partial charge in [-0.2, -0.15) is 11.0 Å². The smallest absolute Gasteiger partial charge is 0.917 e. The predicted octanol–water partition coefficient (Wildman–Crippen LogP) is 3.59. The van der Waals surface area contributed by atoms with Crippen molar-refractivity contribution in [2.24, 2.45) is 5.73 Å². The molecule has 464 valence electrons. The van der Waals surface area contributed by atoms with Crippen LogP contribution in [0, 0.1) is 40.5 Å². The molecule has 82 heavy (non-hydrogen) atoms. The molecular formula is C47H82Cl4IN6Na3O17S4. The van der Waals surface area contributed by atoms with Gasteiger partial charge in [-0.1, -0.05) is 203 Å². The molecule has 0 bridgehead atoms. The van der Waals surface area contributed by atoms with Gasteiger partial charge in [0.2, 0.25) is 18.3 Å². The Kier molecular flexibility index (Phi) is 131. The van der Waals surface area contributed by atoms with Gasteiger partial charge in [-0.3, -0.25) is 40.5 Å². The predicted molar refractivity (Wildman–Crippen MR) is 338 cm³/mol. The fourth-order valence-electron chi connectivity index (χ4n) is 3.54. The first kappa shape index (κ1) is 122. The van der Waals surface area contributed by atoms with E-state index in [4.69, 9.17) is 79.9 Å². The van der Waals surface area contributed by atoms with E-state index in [1.54, 1.807) is 48.5 Å². The van der Waals surface area contributed by atoms with Gasteiger partial charge >= 0.3 is 88.7 Å². The summed E-state index contributed by atoms with van der Waals surface area (Å²) in [5.41, 5.74) is 9.97. The maximum Gasteiger partial charge on any atom is 1.00 e. The van der Waals surface area contributed by atoms with Crippen molar-refractivity contribution < 1.29 is 148 Å². The molecule has 0 aromatic heterocycles. The molecular weight excluding hydrogens is 1390 g/mol. The van der Waals surface area contributed by atoms with Gasteiger partial charge in [0.05, 0.1) is 5.75 Å². The molecule has 0 heterocycles. The topological polar surface area (TPSA) is 376 Å². The summed E-state index contributed by atoms with van der Waals surface area (Å²) in [5.74, 6) is 0.510. The molecule has 5 aromatic carbocycles. The second kappa shape index (κ2) is 88.2. The van der Waals surface area contributed by atoms with E-state index < -0.39 is 59.3 Å². The van der Waals surface area contributed by atoms with Crippen molar-refractivity contribution in [1.29, 1.82) is 0 Å². The van der Waals surface area contributed by atoms with Crippen LogP contribution in [-0.2, 0) is 79.0 Å². The molecule has 0 aliphatic rings. The number of benzene rings is 5. The summed E-state index contributed by atoms with van der Waals surface area (Å²) >= 11 is 5.53. The first-order valence-electron chi connectivity index (χ1n) is 19.6. The van der Waals surface area contributed by atoms with Gasteiger partial charge < -0.3 is 23.3 Å². The Morgan fingerprint density at radius 3 is 0.829 bits per heavy atom. The number of nitro groups is 4. The zero-order valence-electron chi connectivity index (χ0n) is 43.8. The summed E-state index contributed by atoms with van der Waals surface area (Å²) in [7, 11) is 6.62. The molecule has 0 radical (unpaired) electrons. The molecule has 0 atom stereocenters. The Hall–Kier alpha value is -1.57. The van der Waals surface area contributed by atoms with Crippen LogP contribution in [-0.4, -0.2) is 85.1 Å². The molecule has 0 unspecified atom stereocenters. The summed E-state index contributed by atoms with van der Waals surface area (Å²) < 4.78 is 87.8. The van der Waals surface area contributed by atoms with Crippen LogP contribution in [0.5, 0.6) is 0 Å². The van der Waals surface area contributed by atoms with Crippen molar-refractivity contribution in [3.8, 4) is 0 Å². The van der Waals surface area contributed by atoms with Gasteiger partial charge in [0, 0.05) is 65.6 Å². The third-order valence-corrected chi connectivity index (χ3v) is 7.79. The Morgan fingerprint density at radius 1 is 0.524 bits per heavy atom. The van der Waals surface area contributed by atoms with Crippen LogP contribution in [0.1, 0.15) is 80.2 Å². The van der Waals surface area contributed by atoms with E-state index in [2.05, 4.69) is 89.5 Å². The largest absolute Gasteiger partial charge is 1.00 e. The van der Waals surface area contributed by atoms with Crippen molar-refractivity contribution in [2.45, 2.75) is 82.0 Å². The third kappa shape index (κ3) is 153. The first-order chi connectivity index (χ1) is 33.8. The molecule has 3 N–H and O–H groups in total. The van der Waals surface area contributed by atoms with E-state index in [0.29, 0.717) is 11.4 Å². The van der Waals surface area contributed by atoms with Crippen LogP contribution in [0.25, 0.3) is 0 Å². The Labute approximate surface area is 595 Å². The zero-order chi connectivity index (χ0) is 58.3. The van der Waals surface area contributed by atoms with Gasteiger partial charge in [-0.25, -0.2) is 25.8 Å². The van der Waals surface area contributed by atoms with Gasteiger partial charge in [0.25, 0.3) is 0 Å². The number of aryl methyl sites for hydroxylation is 2. The number of nitrogens with one attached hydrogen (secondary N) is 1. The van der Waals surface area contributed by atoms with Crippen LogP contribution in [0.15, 0.2) is 152 Å². The van der Waals surface area contributed by atoms with Gasteiger partial charge in [0.15, 0.2) is 38.5 Å². The summed E-state index contributed by atoms with van der Waals surface area (Å²) in [5, 5.41) is 35.2. The molecule has 0 spiro atoms. The van der Waals surface area contributed by atoms with E-state index in [1.807, 2.05) is 59.3 Å². The van der Waals surface area contributed by atoms with Gasteiger partial charge in [-0.15, -0.1) is 35.6 Å². The number of nitrogens with zero attached hydrogens (tertiary/aromatic N) is 4. The molecule has 0 saturated carbocycles. The number of rotatable bonds is 8. The Bertz CT molecular complexity index is 2260. The molecule has 0 saturated heterocycles. The minimum atomic E-state index is -4.32. The second-order valence-electron chi connectivity index (χ2n) is 11.9. The summed E-state index contributed by atoms with van der Waals surface area (Å²) in [6.45, 7) is 4.37. The fraction of sp³-hybridized carbons (Fsp3) is 0.362. The molecule has 35 heteroatoms. The number of alkyl halides is 1. The van der Waals surface area contributed by atoms with Crippen LogP contribution in [0.3, 0.4) is 0 Å². The number of hydrogen-bond acceptors (Lipinski definition) is 19. The number of nitrogens with two attached hydrogens (primary N) is 1. The Morgan fingerprint density at radius 2 is 0.695 bits per heavy atom. The van der Waals surface area contributed by atoms with Crippen LogP contribution >= 0.6 is 67.6 Å². The summed E-state index contributed by atoms with van der Waals surface area (Å²) in [6, 6.07) is 48.5. The molecule has 0 fully saturated rings. The van der Waals surface area contributed by atoms with E-state index in [9.17, 15) is 21.4 Å². The van der Waals surface area contributed by atoms with Crippen LogP contribution in [0.2, 0.25) is 0 Å². The summed E-state index contributed by atoms with van der Waals surface area (Å²) in [6.07, 6.45) is 2.28. The number of hydrogen-bond donors (Lipinski definition) is 2. The molecule has 0 aliphatic carbocycles. The van der Waals surface area contributed by atoms with Crippen molar-refractivity contribution >= 4 is 107 Å². The van der Waals surface area contributed by atoms with Crippen LogP contribution in [0.4, 0.5) is 0 Å². The fourth-order valence-corrected chi connectivity index (χ4v) is 5.03. The molecule has 23 nitrogen and oxygen atoms in total. The normalized spacial score (nSPS) is 8.00. The maximum absolute atomic E-state index is 10.6. The average molecular weight is 1470 g/mol. The van der Waals surface area contributed by atoms with Crippen LogP contribution < -0.4 is 99.1 Å². The standard InChI is InChI=1S/2C8H10.C7H7ClO2S.C7H7Cl.C7H9NO3S.4CH3NO2.CH5N.5CH4.Cl2OS.HI.3Na.O3S.H2/c2*1-2-8-6-4-3-5-7-8;8-11(9,10)6-7-4-2-1-3-5-7;8-6-7-4-2-1-3-5-7;9-12(10,11)8-6-7-4-2-1-3-5-7;4*1-2(3)4;1-2;;;;;;1-4(2)3;;;;;1-4(2)3;/h2*3-7H,2H2,1H3;1-5H,6H2;1-5H,6H2;1-5,8H,6H2,(H,9,10,11);4*1H3;2H2,1H3;5*1H4;;1H;;;;;1H/q;;;;;;;;;;;;;;;;;3*+1;-2;/p-1. The number of halogens is 5. The molecule has 0 amide bonds. The van der Waals surface area contributed by atoms with E-state index in [-0.39, 0.29) is 164 Å². The first-order valence-corrected chi connectivity index (χ1v) is 27.9. The van der Waals surface area contributed by atoms with Crippen molar-refractivity contribution in [3.63, 3.8) is 0 Å². The quantitative estimate of drug-likeness (QED) is 0.0258.